The molecule has 2 rings (SSSR count). The lowest BCUT2D eigenvalue weighted by molar-refractivity contribution is 1.04. The van der Waals surface area contributed by atoms with Crippen LogP contribution in [0.5, 0.6) is 0 Å². The summed E-state index contributed by atoms with van der Waals surface area (Å²) in [5, 5.41) is 11.0. The molecule has 0 atom stereocenters. The van der Waals surface area contributed by atoms with Crippen molar-refractivity contribution in [1.29, 1.82) is 5.26 Å². The van der Waals surface area contributed by atoms with Crippen LogP contribution in [-0.2, 0) is 0 Å². The molecular formula is C12H8ClN3S. The van der Waals surface area contributed by atoms with Gasteiger partial charge in [-0.2, -0.15) is 5.26 Å². The third-order valence-electron chi connectivity index (χ3n) is 1.97. The second-order valence-corrected chi connectivity index (χ2v) is 4.84. The molecule has 5 heteroatoms. The van der Waals surface area contributed by atoms with Gasteiger partial charge in [-0.25, -0.2) is 9.97 Å². The summed E-state index contributed by atoms with van der Waals surface area (Å²) in [6.07, 6.45) is 1.59. The van der Waals surface area contributed by atoms with E-state index < -0.39 is 0 Å². The molecule has 0 saturated carbocycles. The summed E-state index contributed by atoms with van der Waals surface area (Å²) in [4.78, 5) is 8.51. The average molecular weight is 262 g/mol. The lowest BCUT2D eigenvalue weighted by Crippen LogP contribution is -1.88. The van der Waals surface area contributed by atoms with E-state index in [9.17, 15) is 0 Å². The topological polar surface area (TPSA) is 49.6 Å². The van der Waals surface area contributed by atoms with E-state index >= 15 is 0 Å². The van der Waals surface area contributed by atoms with E-state index in [-0.39, 0.29) is 0 Å². The van der Waals surface area contributed by atoms with Gasteiger partial charge in [-0.3, -0.25) is 0 Å². The van der Waals surface area contributed by atoms with Crippen LogP contribution in [0.25, 0.3) is 0 Å². The Bertz CT molecular complexity index is 575. The van der Waals surface area contributed by atoms with Crippen molar-refractivity contribution in [3.05, 3.63) is 46.7 Å². The molecule has 0 aliphatic rings. The summed E-state index contributed by atoms with van der Waals surface area (Å²) in [6.45, 7) is 1.86. The molecule has 2 aromatic heterocycles. The summed E-state index contributed by atoms with van der Waals surface area (Å²) in [6, 6.07) is 9.20. The van der Waals surface area contributed by atoms with E-state index in [1.54, 1.807) is 24.4 Å². The Morgan fingerprint density at radius 2 is 2.12 bits per heavy atom. The number of nitrogens with zero attached hydrogens (tertiary/aromatic N) is 3. The van der Waals surface area contributed by atoms with Gasteiger partial charge in [0.15, 0.2) is 0 Å². The lowest BCUT2D eigenvalue weighted by Gasteiger charge is -2.02. The summed E-state index contributed by atoms with van der Waals surface area (Å²) in [5.41, 5.74) is 1.43. The first-order valence-corrected chi connectivity index (χ1v) is 6.05. The van der Waals surface area contributed by atoms with Crippen molar-refractivity contribution in [2.75, 3.05) is 0 Å². The SMILES string of the molecule is Cc1cc(C#N)cc(Sc2ccc(Cl)cn2)n1. The molecule has 0 aliphatic heterocycles. The molecule has 84 valence electrons. The molecule has 0 aromatic carbocycles. The number of aryl methyl sites for hydroxylation is 1. The van der Waals surface area contributed by atoms with Crippen LogP contribution in [0.2, 0.25) is 5.02 Å². The first-order chi connectivity index (χ1) is 8.17. The summed E-state index contributed by atoms with van der Waals surface area (Å²) in [7, 11) is 0. The predicted octanol–water partition coefficient (Wildman–Crippen LogP) is 3.46. The summed E-state index contributed by atoms with van der Waals surface area (Å²) < 4.78 is 0. The quantitative estimate of drug-likeness (QED) is 0.831. The smallest absolute Gasteiger partial charge is 0.104 e. The number of hydrogen-bond donors (Lipinski definition) is 0. The Labute approximate surface area is 108 Å². The maximum absolute atomic E-state index is 8.87. The molecule has 0 aliphatic carbocycles. The zero-order valence-corrected chi connectivity index (χ0v) is 10.6. The van der Waals surface area contributed by atoms with Crippen LogP contribution < -0.4 is 0 Å². The van der Waals surface area contributed by atoms with Gasteiger partial charge in [-0.15, -0.1) is 0 Å². The van der Waals surface area contributed by atoms with Gasteiger partial charge >= 0.3 is 0 Å². The van der Waals surface area contributed by atoms with Crippen molar-refractivity contribution >= 4 is 23.4 Å². The maximum atomic E-state index is 8.87. The van der Waals surface area contributed by atoms with E-state index in [2.05, 4.69) is 16.0 Å². The van der Waals surface area contributed by atoms with Crippen LogP contribution in [0.3, 0.4) is 0 Å². The number of rotatable bonds is 2. The van der Waals surface area contributed by atoms with Crippen molar-refractivity contribution < 1.29 is 0 Å². The summed E-state index contributed by atoms with van der Waals surface area (Å²) in [5.74, 6) is 0. The summed E-state index contributed by atoms with van der Waals surface area (Å²) >= 11 is 7.17. The standard InChI is InChI=1S/C12H8ClN3S/c1-8-4-9(6-14)5-12(16-8)17-11-3-2-10(13)7-15-11/h2-5,7H,1H3. The Balaban J connectivity index is 2.27. The average Bonchev–Trinajstić information content (AvgIpc) is 2.31. The van der Waals surface area contributed by atoms with Crippen molar-refractivity contribution in [1.82, 2.24) is 9.97 Å². The molecule has 0 spiro atoms. The Morgan fingerprint density at radius 3 is 2.76 bits per heavy atom. The van der Waals surface area contributed by atoms with Gasteiger partial charge in [0.25, 0.3) is 0 Å². The van der Waals surface area contributed by atoms with Gasteiger partial charge in [-0.05, 0) is 31.2 Å². The van der Waals surface area contributed by atoms with Gasteiger partial charge < -0.3 is 0 Å². The fraction of sp³-hybridized carbons (Fsp3) is 0.0833. The second-order valence-electron chi connectivity index (χ2n) is 3.36. The molecule has 0 saturated heterocycles. The van der Waals surface area contributed by atoms with E-state index in [1.807, 2.05) is 13.0 Å². The van der Waals surface area contributed by atoms with Crippen LogP contribution in [0, 0.1) is 18.3 Å². The highest BCUT2D eigenvalue weighted by Gasteiger charge is 2.03. The molecule has 0 bridgehead atoms. The molecule has 0 radical (unpaired) electrons. The van der Waals surface area contributed by atoms with Crippen molar-refractivity contribution in [2.24, 2.45) is 0 Å². The molecule has 2 aromatic rings. The van der Waals surface area contributed by atoms with Crippen LogP contribution in [-0.4, -0.2) is 9.97 Å². The molecule has 17 heavy (non-hydrogen) atoms. The molecule has 0 amide bonds. The van der Waals surface area contributed by atoms with E-state index in [4.69, 9.17) is 16.9 Å². The van der Waals surface area contributed by atoms with E-state index in [1.165, 1.54) is 11.8 Å². The van der Waals surface area contributed by atoms with Gasteiger partial charge in [0.05, 0.1) is 16.7 Å². The number of aromatic nitrogens is 2. The van der Waals surface area contributed by atoms with E-state index in [0.717, 1.165) is 15.7 Å². The maximum Gasteiger partial charge on any atom is 0.104 e. The molecule has 0 unspecified atom stereocenters. The molecule has 0 N–H and O–H groups in total. The Morgan fingerprint density at radius 1 is 1.29 bits per heavy atom. The van der Waals surface area contributed by atoms with Gasteiger partial charge in [-0.1, -0.05) is 23.4 Å². The number of pyridine rings is 2. The van der Waals surface area contributed by atoms with Crippen LogP contribution in [0.15, 0.2) is 40.5 Å². The Kier molecular flexibility index (Phi) is 3.62. The number of halogens is 1. The molecule has 3 nitrogen and oxygen atoms in total. The second kappa shape index (κ2) is 5.17. The fourth-order valence-electron chi connectivity index (χ4n) is 1.28. The number of hydrogen-bond acceptors (Lipinski definition) is 4. The van der Waals surface area contributed by atoms with Crippen molar-refractivity contribution in [3.63, 3.8) is 0 Å². The lowest BCUT2D eigenvalue weighted by atomic mass is 10.2. The van der Waals surface area contributed by atoms with Crippen LogP contribution in [0.1, 0.15) is 11.3 Å². The van der Waals surface area contributed by atoms with E-state index in [0.29, 0.717) is 10.6 Å². The third-order valence-corrected chi connectivity index (χ3v) is 3.06. The van der Waals surface area contributed by atoms with Gasteiger partial charge in [0.1, 0.15) is 10.1 Å². The molecule has 0 fully saturated rings. The zero-order chi connectivity index (χ0) is 12.3. The predicted molar refractivity (Wildman–Crippen MR) is 67.1 cm³/mol. The highest BCUT2D eigenvalue weighted by molar-refractivity contribution is 7.99. The zero-order valence-electron chi connectivity index (χ0n) is 9.01. The first kappa shape index (κ1) is 11.9. The highest BCUT2D eigenvalue weighted by Crippen LogP contribution is 2.25. The molecule has 2 heterocycles. The minimum absolute atomic E-state index is 0.601. The minimum Gasteiger partial charge on any atom is -0.248 e. The van der Waals surface area contributed by atoms with Crippen molar-refractivity contribution in [2.45, 2.75) is 17.0 Å². The normalized spacial score (nSPS) is 9.94. The van der Waals surface area contributed by atoms with Gasteiger partial charge in [0.2, 0.25) is 0 Å². The van der Waals surface area contributed by atoms with Gasteiger partial charge in [0, 0.05) is 11.9 Å². The number of nitriles is 1. The fourth-order valence-corrected chi connectivity index (χ4v) is 2.23. The van der Waals surface area contributed by atoms with Crippen LogP contribution >= 0.6 is 23.4 Å². The third kappa shape index (κ3) is 3.19. The Hall–Kier alpha value is -1.57. The van der Waals surface area contributed by atoms with Crippen LogP contribution in [0.4, 0.5) is 0 Å². The monoisotopic (exact) mass is 261 g/mol. The largest absolute Gasteiger partial charge is 0.248 e. The molecular weight excluding hydrogens is 254 g/mol. The van der Waals surface area contributed by atoms with Crippen molar-refractivity contribution in [3.8, 4) is 6.07 Å². The first-order valence-electron chi connectivity index (χ1n) is 4.85. The highest BCUT2D eigenvalue weighted by atomic mass is 35.5. The minimum atomic E-state index is 0.601.